The van der Waals surface area contributed by atoms with Crippen LogP contribution in [0.3, 0.4) is 0 Å². The Labute approximate surface area is 204 Å². The molecular weight excluding hydrogens is 476 g/mol. The van der Waals surface area contributed by atoms with E-state index in [4.69, 9.17) is 5.73 Å². The summed E-state index contributed by atoms with van der Waals surface area (Å²) < 4.78 is 0. The van der Waals surface area contributed by atoms with Crippen LogP contribution in [0.4, 0.5) is 11.4 Å². The standard InChI is InChI=1S/C23H26N4O9/c1-25(2)11-7-12(27(35)36)17(28)14-9(11)5-8-6-10-16(26(3)4)19(30)15(22(24)33)21(32)23(10,34)20(31)13(8)18(14)29/h7-8,10,16,28-29,32,34H,5-6H2,1-4H3,(H2,24,33)/t8-,10-,16+,23-/m0/s1. The summed E-state index contributed by atoms with van der Waals surface area (Å²) in [4.78, 5) is 52.5. The van der Waals surface area contributed by atoms with Crippen molar-refractivity contribution in [3.63, 3.8) is 0 Å². The second-order valence-electron chi connectivity index (χ2n) is 9.73. The molecule has 6 N–H and O–H groups in total. The number of nitrogens with two attached hydrogens (primary N) is 1. The molecule has 3 aliphatic rings. The van der Waals surface area contributed by atoms with Gasteiger partial charge in [0.15, 0.2) is 11.4 Å². The van der Waals surface area contributed by atoms with E-state index >= 15 is 0 Å². The molecule has 0 spiro atoms. The van der Waals surface area contributed by atoms with E-state index in [-0.39, 0.29) is 24.0 Å². The summed E-state index contributed by atoms with van der Waals surface area (Å²) in [5.74, 6) is -8.16. The Balaban J connectivity index is 2.03. The Morgan fingerprint density at radius 3 is 2.31 bits per heavy atom. The molecule has 36 heavy (non-hydrogen) atoms. The van der Waals surface area contributed by atoms with Gasteiger partial charge in [-0.25, -0.2) is 0 Å². The molecule has 1 aromatic carbocycles. The van der Waals surface area contributed by atoms with Crippen LogP contribution in [0.15, 0.2) is 23.0 Å². The Morgan fingerprint density at radius 2 is 1.81 bits per heavy atom. The number of primary amides is 1. The van der Waals surface area contributed by atoms with Crippen molar-refractivity contribution in [2.75, 3.05) is 33.1 Å². The van der Waals surface area contributed by atoms with E-state index in [1.165, 1.54) is 19.0 Å². The monoisotopic (exact) mass is 502 g/mol. The molecule has 1 amide bonds. The number of hydrogen-bond donors (Lipinski definition) is 5. The average molecular weight is 502 g/mol. The molecule has 13 heteroatoms. The number of Topliss-reactive ketones (excluding diaryl/α,β-unsaturated/α-hetero) is 2. The highest BCUT2D eigenvalue weighted by atomic mass is 16.6. The van der Waals surface area contributed by atoms with Crippen molar-refractivity contribution < 1.29 is 39.7 Å². The van der Waals surface area contributed by atoms with Crippen molar-refractivity contribution in [2.24, 2.45) is 17.6 Å². The number of nitro benzene ring substituents is 1. The number of phenols is 1. The van der Waals surface area contributed by atoms with Crippen LogP contribution >= 0.6 is 0 Å². The van der Waals surface area contributed by atoms with Crippen LogP contribution in [0, 0.1) is 22.0 Å². The normalized spacial score (nSPS) is 27.6. The van der Waals surface area contributed by atoms with E-state index < -0.39 is 74.4 Å². The molecule has 0 radical (unpaired) electrons. The zero-order valence-electron chi connectivity index (χ0n) is 20.0. The van der Waals surface area contributed by atoms with E-state index in [1.54, 1.807) is 19.0 Å². The first-order valence-electron chi connectivity index (χ1n) is 11.0. The van der Waals surface area contributed by atoms with Gasteiger partial charge in [0.05, 0.1) is 16.5 Å². The quantitative estimate of drug-likeness (QED) is 0.209. The molecule has 3 aliphatic carbocycles. The van der Waals surface area contributed by atoms with E-state index in [2.05, 4.69) is 0 Å². The van der Waals surface area contributed by atoms with Gasteiger partial charge in [-0.05, 0) is 38.4 Å². The third kappa shape index (κ3) is 3.12. The zero-order chi connectivity index (χ0) is 27.0. The number of benzene rings is 1. The number of nitro groups is 1. The summed E-state index contributed by atoms with van der Waals surface area (Å²) in [6.45, 7) is 0. The van der Waals surface area contributed by atoms with Crippen LogP contribution in [0.1, 0.15) is 17.5 Å². The number of phenolic OH excluding ortho intramolecular Hbond substituents is 1. The number of aromatic hydroxyl groups is 1. The number of ketones is 2. The van der Waals surface area contributed by atoms with E-state index in [0.29, 0.717) is 11.3 Å². The summed E-state index contributed by atoms with van der Waals surface area (Å²) in [7, 11) is 6.25. The maximum absolute atomic E-state index is 13.8. The Kier molecular flexibility index (Phi) is 5.61. The van der Waals surface area contributed by atoms with Crippen molar-refractivity contribution in [1.82, 2.24) is 4.90 Å². The fraction of sp³-hybridized carbons (Fsp3) is 0.435. The summed E-state index contributed by atoms with van der Waals surface area (Å²) in [6, 6.07) is -0.0329. The number of fused-ring (bicyclic) bond motifs is 3. The lowest BCUT2D eigenvalue weighted by molar-refractivity contribution is -0.385. The number of amides is 1. The molecule has 0 aromatic heterocycles. The van der Waals surface area contributed by atoms with Gasteiger partial charge in [-0.1, -0.05) is 0 Å². The lowest BCUT2D eigenvalue weighted by Gasteiger charge is -2.50. The maximum Gasteiger partial charge on any atom is 0.313 e. The number of carbonyl (C=O) groups is 3. The van der Waals surface area contributed by atoms with Crippen molar-refractivity contribution in [1.29, 1.82) is 0 Å². The van der Waals surface area contributed by atoms with Crippen LogP contribution in [0.5, 0.6) is 5.75 Å². The molecule has 0 bridgehead atoms. The smallest absolute Gasteiger partial charge is 0.313 e. The first kappa shape index (κ1) is 25.1. The Morgan fingerprint density at radius 1 is 1.19 bits per heavy atom. The highest BCUT2D eigenvalue weighted by Crippen LogP contribution is 2.54. The number of rotatable bonds is 4. The SMILES string of the molecule is CN(C)c1cc([N+](=O)[O-])c(O)c2c1C[C@H]1C[C@H]3[C@@H](N(C)C)C(=O)C(C(N)=O)=C(O)[C@@]3(O)C(=O)C1=C2O. The van der Waals surface area contributed by atoms with Crippen molar-refractivity contribution in [3.8, 4) is 5.75 Å². The second-order valence-corrected chi connectivity index (χ2v) is 9.73. The predicted molar refractivity (Wildman–Crippen MR) is 125 cm³/mol. The minimum absolute atomic E-state index is 0.0353. The number of carbonyl (C=O) groups excluding carboxylic acids is 3. The maximum atomic E-state index is 13.8. The third-order valence-corrected chi connectivity index (χ3v) is 7.36. The molecule has 4 atom stereocenters. The van der Waals surface area contributed by atoms with Crippen LogP contribution < -0.4 is 10.6 Å². The largest absolute Gasteiger partial charge is 0.508 e. The topological polar surface area (TPSA) is 208 Å². The van der Waals surface area contributed by atoms with Gasteiger partial charge >= 0.3 is 5.69 Å². The molecule has 0 saturated heterocycles. The van der Waals surface area contributed by atoms with Gasteiger partial charge < -0.3 is 31.1 Å². The van der Waals surface area contributed by atoms with Crippen molar-refractivity contribution in [2.45, 2.75) is 24.5 Å². The molecular formula is C23H26N4O9. The minimum atomic E-state index is -2.77. The second kappa shape index (κ2) is 8.03. The fourth-order valence-corrected chi connectivity index (χ4v) is 5.82. The molecule has 192 valence electrons. The first-order chi connectivity index (χ1) is 16.7. The molecule has 0 unspecified atom stereocenters. The highest BCUT2D eigenvalue weighted by molar-refractivity contribution is 6.24. The van der Waals surface area contributed by atoms with Gasteiger partial charge in [0.2, 0.25) is 11.5 Å². The van der Waals surface area contributed by atoms with Crippen LogP contribution in [0.25, 0.3) is 5.76 Å². The summed E-state index contributed by atoms with van der Waals surface area (Å²) in [5.41, 5.74) is 0.875. The van der Waals surface area contributed by atoms with Gasteiger partial charge in [0.25, 0.3) is 5.91 Å². The van der Waals surface area contributed by atoms with Crippen LogP contribution in [-0.4, -0.2) is 87.6 Å². The van der Waals surface area contributed by atoms with Crippen molar-refractivity contribution >= 4 is 34.6 Å². The first-order valence-corrected chi connectivity index (χ1v) is 11.0. The Bertz CT molecular complexity index is 1310. The molecule has 4 rings (SSSR count). The third-order valence-electron chi connectivity index (χ3n) is 7.36. The summed E-state index contributed by atoms with van der Waals surface area (Å²) >= 11 is 0. The molecule has 1 aromatic rings. The number of aliphatic hydroxyl groups excluding tert-OH is 2. The zero-order valence-corrected chi connectivity index (χ0v) is 20.0. The van der Waals surface area contributed by atoms with Gasteiger partial charge in [0, 0.05) is 37.3 Å². The lowest BCUT2D eigenvalue weighted by atomic mass is 9.57. The fourth-order valence-electron chi connectivity index (χ4n) is 5.82. The van der Waals surface area contributed by atoms with Gasteiger partial charge in [-0.3, -0.25) is 29.4 Å². The van der Waals surface area contributed by atoms with Gasteiger partial charge in [-0.2, -0.15) is 0 Å². The highest BCUT2D eigenvalue weighted by Gasteiger charge is 2.64. The van der Waals surface area contributed by atoms with E-state index in [1.807, 2.05) is 0 Å². The van der Waals surface area contributed by atoms with Gasteiger partial charge in [-0.15, -0.1) is 0 Å². The number of hydrogen-bond acceptors (Lipinski definition) is 11. The number of likely N-dealkylation sites (N-methyl/N-ethyl adjacent to an activating group) is 1. The number of nitrogens with zero attached hydrogens (tertiary/aromatic N) is 3. The lowest BCUT2D eigenvalue weighted by Crippen LogP contribution is -2.65. The average Bonchev–Trinajstić information content (AvgIpc) is 2.75. The van der Waals surface area contributed by atoms with Gasteiger partial charge in [0.1, 0.15) is 17.1 Å². The summed E-state index contributed by atoms with van der Waals surface area (Å²) in [5, 5.41) is 55.8. The minimum Gasteiger partial charge on any atom is -0.508 e. The predicted octanol–water partition coefficient (Wildman–Crippen LogP) is -0.0618. The Hall–Kier alpha value is -3.97. The summed E-state index contributed by atoms with van der Waals surface area (Å²) in [6.07, 6.45) is -0.0377. The van der Waals surface area contributed by atoms with E-state index in [9.17, 15) is 44.9 Å². The van der Waals surface area contributed by atoms with Crippen LogP contribution in [-0.2, 0) is 20.8 Å². The van der Waals surface area contributed by atoms with Crippen LogP contribution in [0.2, 0.25) is 0 Å². The van der Waals surface area contributed by atoms with E-state index in [0.717, 1.165) is 6.07 Å². The molecule has 1 saturated carbocycles. The molecule has 13 nitrogen and oxygen atoms in total. The number of anilines is 1. The number of aliphatic hydroxyl groups is 3. The molecule has 0 heterocycles. The van der Waals surface area contributed by atoms with Crippen molar-refractivity contribution in [3.05, 3.63) is 44.2 Å². The molecule has 1 fully saturated rings. The molecule has 0 aliphatic heterocycles.